The first-order chi connectivity index (χ1) is 10.1. The highest BCUT2D eigenvalue weighted by atomic mass is 79.9. The van der Waals surface area contributed by atoms with Crippen LogP contribution in [0.3, 0.4) is 0 Å². The number of benzene rings is 2. The molecule has 1 heterocycles. The van der Waals surface area contributed by atoms with Gasteiger partial charge in [0.25, 0.3) is 0 Å². The number of hydrogen-bond donors (Lipinski definition) is 1. The molecule has 0 aliphatic carbocycles. The van der Waals surface area contributed by atoms with Crippen LogP contribution in [0.5, 0.6) is 0 Å². The van der Waals surface area contributed by atoms with Crippen molar-refractivity contribution in [2.75, 3.05) is 5.73 Å². The molecule has 0 fully saturated rings. The van der Waals surface area contributed by atoms with Crippen LogP contribution in [0.15, 0.2) is 51.5 Å². The molecule has 0 saturated heterocycles. The van der Waals surface area contributed by atoms with Gasteiger partial charge in [0, 0.05) is 10.0 Å². The van der Waals surface area contributed by atoms with Crippen LogP contribution in [0, 0.1) is 0 Å². The minimum absolute atomic E-state index is 0.221. The summed E-state index contributed by atoms with van der Waals surface area (Å²) in [7, 11) is 0. The predicted molar refractivity (Wildman–Crippen MR) is 89.5 cm³/mol. The Morgan fingerprint density at radius 1 is 1.00 bits per heavy atom. The van der Waals surface area contributed by atoms with Crippen molar-refractivity contribution in [2.45, 2.75) is 0 Å². The van der Waals surface area contributed by atoms with Crippen molar-refractivity contribution >= 4 is 45.0 Å². The van der Waals surface area contributed by atoms with E-state index in [1.165, 1.54) is 0 Å². The van der Waals surface area contributed by atoms with Crippen LogP contribution in [0.2, 0.25) is 10.0 Å². The number of rotatable bonds is 2. The van der Waals surface area contributed by atoms with Gasteiger partial charge in [0.2, 0.25) is 5.88 Å². The molecule has 0 radical (unpaired) electrons. The van der Waals surface area contributed by atoms with Crippen molar-refractivity contribution in [1.82, 2.24) is 5.16 Å². The Bertz CT molecular complexity index is 797. The monoisotopic (exact) mass is 382 g/mol. The number of nitrogen functional groups attached to an aromatic ring is 1. The highest BCUT2D eigenvalue weighted by Crippen LogP contribution is 2.42. The van der Waals surface area contributed by atoms with E-state index < -0.39 is 0 Å². The molecule has 1 aromatic heterocycles. The summed E-state index contributed by atoms with van der Waals surface area (Å²) >= 11 is 15.9. The van der Waals surface area contributed by atoms with Crippen molar-refractivity contribution in [3.05, 3.63) is 57.0 Å². The number of nitrogens with zero attached hydrogens (tertiary/aromatic N) is 1. The second kappa shape index (κ2) is 5.72. The van der Waals surface area contributed by atoms with Gasteiger partial charge in [0.15, 0.2) is 0 Å². The van der Waals surface area contributed by atoms with E-state index >= 15 is 0 Å². The van der Waals surface area contributed by atoms with Gasteiger partial charge in [-0.25, -0.2) is 0 Å². The van der Waals surface area contributed by atoms with Gasteiger partial charge < -0.3 is 10.3 Å². The van der Waals surface area contributed by atoms with Gasteiger partial charge in [-0.15, -0.1) is 0 Å². The molecule has 0 saturated carbocycles. The summed E-state index contributed by atoms with van der Waals surface area (Å²) in [6.07, 6.45) is 0. The lowest BCUT2D eigenvalue weighted by atomic mass is 10.0. The summed E-state index contributed by atoms with van der Waals surface area (Å²) in [6, 6.07) is 12.9. The summed E-state index contributed by atoms with van der Waals surface area (Å²) < 4.78 is 6.08. The number of halogens is 3. The molecule has 0 unspecified atom stereocenters. The van der Waals surface area contributed by atoms with E-state index in [0.717, 1.165) is 10.0 Å². The Labute approximate surface area is 139 Å². The lowest BCUT2D eigenvalue weighted by molar-refractivity contribution is 0.439. The number of hydrogen-bond acceptors (Lipinski definition) is 3. The Kier molecular flexibility index (Phi) is 3.93. The zero-order valence-electron chi connectivity index (χ0n) is 10.6. The summed E-state index contributed by atoms with van der Waals surface area (Å²) in [5.74, 6) is 0.221. The van der Waals surface area contributed by atoms with Gasteiger partial charge in [-0.3, -0.25) is 0 Å². The molecule has 2 N–H and O–H groups in total. The third-order valence-corrected chi connectivity index (χ3v) is 4.15. The predicted octanol–water partition coefficient (Wildman–Crippen LogP) is 5.66. The number of nitrogens with two attached hydrogens (primary N) is 1. The largest absolute Gasteiger partial charge is 0.367 e. The highest BCUT2D eigenvalue weighted by Gasteiger charge is 2.21. The fourth-order valence-electron chi connectivity index (χ4n) is 2.12. The molecule has 6 heteroatoms. The fraction of sp³-hybridized carbons (Fsp3) is 0. The lowest BCUT2D eigenvalue weighted by Gasteiger charge is -2.07. The van der Waals surface area contributed by atoms with E-state index in [4.69, 9.17) is 33.5 Å². The quantitative estimate of drug-likeness (QED) is 0.621. The van der Waals surface area contributed by atoms with Crippen LogP contribution < -0.4 is 5.73 Å². The first-order valence-electron chi connectivity index (χ1n) is 6.03. The molecule has 0 aliphatic heterocycles. The van der Waals surface area contributed by atoms with Gasteiger partial charge >= 0.3 is 0 Å². The van der Waals surface area contributed by atoms with E-state index in [1.807, 2.05) is 24.3 Å². The third kappa shape index (κ3) is 2.67. The minimum Gasteiger partial charge on any atom is -0.367 e. The van der Waals surface area contributed by atoms with Crippen molar-refractivity contribution in [1.29, 1.82) is 0 Å². The van der Waals surface area contributed by atoms with E-state index in [2.05, 4.69) is 21.1 Å². The normalized spacial score (nSPS) is 10.8. The van der Waals surface area contributed by atoms with E-state index in [1.54, 1.807) is 18.2 Å². The van der Waals surface area contributed by atoms with Gasteiger partial charge in [0.1, 0.15) is 5.69 Å². The fourth-order valence-corrected chi connectivity index (χ4v) is 3.10. The van der Waals surface area contributed by atoms with Crippen LogP contribution in [-0.2, 0) is 0 Å². The van der Waals surface area contributed by atoms with E-state index in [0.29, 0.717) is 26.9 Å². The molecule has 3 nitrogen and oxygen atoms in total. The third-order valence-electron chi connectivity index (χ3n) is 3.03. The zero-order valence-corrected chi connectivity index (χ0v) is 13.7. The second-order valence-electron chi connectivity index (χ2n) is 4.38. The average Bonchev–Trinajstić information content (AvgIpc) is 2.80. The van der Waals surface area contributed by atoms with Crippen molar-refractivity contribution in [3.63, 3.8) is 0 Å². The average molecular weight is 384 g/mol. The van der Waals surface area contributed by atoms with Gasteiger partial charge in [-0.1, -0.05) is 62.5 Å². The van der Waals surface area contributed by atoms with Crippen LogP contribution in [-0.4, -0.2) is 5.16 Å². The van der Waals surface area contributed by atoms with Crippen molar-refractivity contribution in [3.8, 4) is 22.4 Å². The Morgan fingerprint density at radius 3 is 2.33 bits per heavy atom. The van der Waals surface area contributed by atoms with Crippen LogP contribution in [0.25, 0.3) is 22.4 Å². The van der Waals surface area contributed by atoms with Gasteiger partial charge in [-0.05, 0) is 29.8 Å². The van der Waals surface area contributed by atoms with Crippen LogP contribution in [0.1, 0.15) is 0 Å². The Hall–Kier alpha value is -1.49. The maximum Gasteiger partial charge on any atom is 0.230 e. The molecule has 21 heavy (non-hydrogen) atoms. The van der Waals surface area contributed by atoms with Gasteiger partial charge in [0.05, 0.1) is 15.6 Å². The van der Waals surface area contributed by atoms with Crippen LogP contribution in [0.4, 0.5) is 5.88 Å². The van der Waals surface area contributed by atoms with Gasteiger partial charge in [-0.2, -0.15) is 0 Å². The standard InChI is InChI=1S/C15H9BrCl2N2O/c16-9-4-1-3-8(7-9)12-14(20-21-15(12)19)13-10(17)5-2-6-11(13)18/h1-7H,19H2. The molecule has 2 aromatic carbocycles. The highest BCUT2D eigenvalue weighted by molar-refractivity contribution is 9.10. The zero-order chi connectivity index (χ0) is 15.0. The second-order valence-corrected chi connectivity index (χ2v) is 6.11. The molecule has 106 valence electrons. The summed E-state index contributed by atoms with van der Waals surface area (Å²) in [4.78, 5) is 0. The smallest absolute Gasteiger partial charge is 0.230 e. The van der Waals surface area contributed by atoms with E-state index in [-0.39, 0.29) is 5.88 Å². The van der Waals surface area contributed by atoms with Crippen LogP contribution >= 0.6 is 39.1 Å². The summed E-state index contributed by atoms with van der Waals surface area (Å²) in [5.41, 5.74) is 8.61. The molecule has 3 rings (SSSR count). The molecule has 0 spiro atoms. The number of anilines is 1. The topological polar surface area (TPSA) is 52.0 Å². The Balaban J connectivity index is 2.27. The molecule has 0 aliphatic rings. The molecular weight excluding hydrogens is 375 g/mol. The minimum atomic E-state index is 0.221. The molecule has 0 bridgehead atoms. The van der Waals surface area contributed by atoms with Crippen molar-refractivity contribution in [2.24, 2.45) is 0 Å². The molecule has 0 amide bonds. The molecule has 0 atom stereocenters. The van der Waals surface area contributed by atoms with E-state index in [9.17, 15) is 0 Å². The first-order valence-corrected chi connectivity index (χ1v) is 7.58. The maximum absolute atomic E-state index is 6.25. The molecule has 3 aromatic rings. The van der Waals surface area contributed by atoms with Crippen molar-refractivity contribution < 1.29 is 4.52 Å². The summed E-state index contributed by atoms with van der Waals surface area (Å²) in [5, 5.41) is 5.01. The lowest BCUT2D eigenvalue weighted by Crippen LogP contribution is -1.89. The first kappa shape index (κ1) is 14.4. The maximum atomic E-state index is 6.25. The number of aromatic nitrogens is 1. The Morgan fingerprint density at radius 2 is 1.67 bits per heavy atom. The molecular formula is C15H9BrCl2N2O. The summed E-state index contributed by atoms with van der Waals surface area (Å²) in [6.45, 7) is 0. The SMILES string of the molecule is Nc1onc(-c2c(Cl)cccc2Cl)c1-c1cccc(Br)c1.